The van der Waals surface area contributed by atoms with Crippen molar-refractivity contribution in [3.8, 4) is 0 Å². The SMILES string of the molecule is N[C@H](c1cccc(C(F)(F)F)c1)[C@H](O)c1ccc(F)cc1. The first-order valence-corrected chi connectivity index (χ1v) is 6.15. The van der Waals surface area contributed by atoms with Crippen LogP contribution in [0.15, 0.2) is 48.5 Å². The Hall–Kier alpha value is -1.92. The van der Waals surface area contributed by atoms with Gasteiger partial charge >= 0.3 is 6.18 Å². The quantitative estimate of drug-likeness (QED) is 0.851. The first-order valence-electron chi connectivity index (χ1n) is 6.15. The number of alkyl halides is 3. The number of halogens is 4. The second-order valence-corrected chi connectivity index (χ2v) is 4.65. The molecule has 0 fully saturated rings. The van der Waals surface area contributed by atoms with Gasteiger partial charge in [0.05, 0.1) is 17.7 Å². The Balaban J connectivity index is 2.27. The summed E-state index contributed by atoms with van der Waals surface area (Å²) in [6.45, 7) is 0. The molecule has 2 nitrogen and oxygen atoms in total. The van der Waals surface area contributed by atoms with Gasteiger partial charge in [0, 0.05) is 0 Å². The Kier molecular flexibility index (Phi) is 4.29. The van der Waals surface area contributed by atoms with Gasteiger partial charge in [-0.25, -0.2) is 4.39 Å². The number of hydrogen-bond donors (Lipinski definition) is 2. The van der Waals surface area contributed by atoms with E-state index in [0.717, 1.165) is 24.3 Å². The number of nitrogens with two attached hydrogens (primary N) is 1. The minimum absolute atomic E-state index is 0.154. The second kappa shape index (κ2) is 5.83. The van der Waals surface area contributed by atoms with Crippen molar-refractivity contribution in [1.29, 1.82) is 0 Å². The van der Waals surface area contributed by atoms with Crippen molar-refractivity contribution in [2.75, 3.05) is 0 Å². The molecule has 2 aromatic carbocycles. The number of aliphatic hydroxyl groups excluding tert-OH is 1. The summed E-state index contributed by atoms with van der Waals surface area (Å²) in [7, 11) is 0. The molecular weight excluding hydrogens is 286 g/mol. The molecule has 0 unspecified atom stereocenters. The Morgan fingerprint density at radius 3 is 2.14 bits per heavy atom. The van der Waals surface area contributed by atoms with Crippen LogP contribution in [0.2, 0.25) is 0 Å². The third-order valence-electron chi connectivity index (χ3n) is 3.15. The fraction of sp³-hybridized carbons (Fsp3) is 0.200. The van der Waals surface area contributed by atoms with Gasteiger partial charge in [-0.3, -0.25) is 0 Å². The number of aliphatic hydroxyl groups is 1. The molecule has 0 heterocycles. The molecule has 0 saturated heterocycles. The van der Waals surface area contributed by atoms with Gasteiger partial charge in [0.2, 0.25) is 0 Å². The van der Waals surface area contributed by atoms with Gasteiger partial charge in [0.1, 0.15) is 5.82 Å². The van der Waals surface area contributed by atoms with Crippen LogP contribution in [0.25, 0.3) is 0 Å². The highest BCUT2D eigenvalue weighted by molar-refractivity contribution is 5.30. The molecule has 0 spiro atoms. The smallest absolute Gasteiger partial charge is 0.386 e. The summed E-state index contributed by atoms with van der Waals surface area (Å²) in [5.74, 6) is -0.474. The summed E-state index contributed by atoms with van der Waals surface area (Å²) >= 11 is 0. The van der Waals surface area contributed by atoms with Crippen molar-refractivity contribution >= 4 is 0 Å². The van der Waals surface area contributed by atoms with Crippen molar-refractivity contribution in [2.45, 2.75) is 18.3 Å². The minimum Gasteiger partial charge on any atom is -0.386 e. The van der Waals surface area contributed by atoms with Gasteiger partial charge in [0.25, 0.3) is 0 Å². The molecule has 112 valence electrons. The number of rotatable bonds is 3. The molecular formula is C15H13F4NO. The first-order chi connectivity index (χ1) is 9.79. The lowest BCUT2D eigenvalue weighted by Crippen LogP contribution is -2.20. The number of benzene rings is 2. The average Bonchev–Trinajstić information content (AvgIpc) is 2.46. The maximum Gasteiger partial charge on any atom is 0.416 e. The Labute approximate surface area is 118 Å². The summed E-state index contributed by atoms with van der Waals surface area (Å²) in [5, 5.41) is 10.1. The lowest BCUT2D eigenvalue weighted by atomic mass is 9.95. The van der Waals surface area contributed by atoms with Gasteiger partial charge < -0.3 is 10.8 Å². The second-order valence-electron chi connectivity index (χ2n) is 4.65. The molecule has 2 atom stereocenters. The highest BCUT2D eigenvalue weighted by Gasteiger charge is 2.31. The fourth-order valence-corrected chi connectivity index (χ4v) is 1.97. The van der Waals surface area contributed by atoms with E-state index in [4.69, 9.17) is 5.73 Å². The zero-order valence-electron chi connectivity index (χ0n) is 10.8. The van der Waals surface area contributed by atoms with Crippen molar-refractivity contribution in [1.82, 2.24) is 0 Å². The largest absolute Gasteiger partial charge is 0.416 e. The number of hydrogen-bond acceptors (Lipinski definition) is 2. The maximum atomic E-state index is 12.8. The fourth-order valence-electron chi connectivity index (χ4n) is 1.97. The molecule has 21 heavy (non-hydrogen) atoms. The Morgan fingerprint density at radius 1 is 0.952 bits per heavy atom. The van der Waals surface area contributed by atoms with E-state index in [2.05, 4.69) is 0 Å². The molecule has 0 radical (unpaired) electrons. The van der Waals surface area contributed by atoms with Crippen LogP contribution >= 0.6 is 0 Å². The molecule has 6 heteroatoms. The van der Waals surface area contributed by atoms with Crippen LogP contribution in [-0.4, -0.2) is 5.11 Å². The summed E-state index contributed by atoms with van der Waals surface area (Å²) in [4.78, 5) is 0. The lowest BCUT2D eigenvalue weighted by molar-refractivity contribution is -0.137. The van der Waals surface area contributed by atoms with E-state index >= 15 is 0 Å². The summed E-state index contributed by atoms with van der Waals surface area (Å²) < 4.78 is 50.8. The molecule has 0 saturated carbocycles. The Bertz CT molecular complexity index is 610. The molecule has 0 bridgehead atoms. The Morgan fingerprint density at radius 2 is 1.57 bits per heavy atom. The van der Waals surface area contributed by atoms with E-state index < -0.39 is 29.7 Å². The molecule has 0 aliphatic carbocycles. The van der Waals surface area contributed by atoms with Crippen LogP contribution in [-0.2, 0) is 6.18 Å². The lowest BCUT2D eigenvalue weighted by Gasteiger charge is -2.20. The van der Waals surface area contributed by atoms with Gasteiger partial charge in [-0.15, -0.1) is 0 Å². The zero-order valence-corrected chi connectivity index (χ0v) is 10.8. The van der Waals surface area contributed by atoms with Gasteiger partial charge in [0.15, 0.2) is 0 Å². The summed E-state index contributed by atoms with van der Waals surface area (Å²) in [6.07, 6.45) is -5.70. The monoisotopic (exact) mass is 299 g/mol. The van der Waals surface area contributed by atoms with Crippen LogP contribution in [0.4, 0.5) is 17.6 Å². The third kappa shape index (κ3) is 3.59. The van der Waals surface area contributed by atoms with Gasteiger partial charge in [-0.2, -0.15) is 13.2 Å². The normalized spacial score (nSPS) is 14.8. The molecule has 0 aliphatic heterocycles. The zero-order chi connectivity index (χ0) is 15.6. The predicted molar refractivity (Wildman–Crippen MR) is 69.7 cm³/mol. The van der Waals surface area contributed by atoms with Crippen molar-refractivity contribution in [3.63, 3.8) is 0 Å². The topological polar surface area (TPSA) is 46.2 Å². The first kappa shape index (κ1) is 15.5. The van der Waals surface area contributed by atoms with Gasteiger partial charge in [-0.1, -0.05) is 24.3 Å². The van der Waals surface area contributed by atoms with E-state index in [-0.39, 0.29) is 5.56 Å². The molecule has 3 N–H and O–H groups in total. The van der Waals surface area contributed by atoms with Crippen molar-refractivity contribution in [2.24, 2.45) is 5.73 Å². The molecule has 2 rings (SSSR count). The summed E-state index contributed by atoms with van der Waals surface area (Å²) in [6, 6.07) is 8.41. The van der Waals surface area contributed by atoms with E-state index in [0.29, 0.717) is 5.56 Å². The van der Waals surface area contributed by atoms with Crippen molar-refractivity contribution in [3.05, 3.63) is 71.0 Å². The van der Waals surface area contributed by atoms with E-state index in [1.807, 2.05) is 0 Å². The summed E-state index contributed by atoms with van der Waals surface area (Å²) in [5.41, 5.74) is 5.47. The van der Waals surface area contributed by atoms with Gasteiger partial charge in [-0.05, 0) is 35.4 Å². The molecule has 0 aromatic heterocycles. The highest BCUT2D eigenvalue weighted by atomic mass is 19.4. The standard InChI is InChI=1S/C15H13F4NO/c16-12-6-4-9(5-7-12)14(21)13(20)10-2-1-3-11(8-10)15(17,18)19/h1-8,13-14,21H,20H2/t13-,14-/m1/s1. The van der Waals surface area contributed by atoms with E-state index in [1.165, 1.54) is 24.3 Å². The van der Waals surface area contributed by atoms with Crippen LogP contribution in [0.3, 0.4) is 0 Å². The van der Waals surface area contributed by atoms with Crippen LogP contribution in [0.5, 0.6) is 0 Å². The molecule has 0 amide bonds. The van der Waals surface area contributed by atoms with Crippen LogP contribution in [0.1, 0.15) is 28.8 Å². The van der Waals surface area contributed by atoms with E-state index in [1.54, 1.807) is 0 Å². The van der Waals surface area contributed by atoms with Crippen LogP contribution in [0, 0.1) is 5.82 Å². The maximum absolute atomic E-state index is 12.8. The van der Waals surface area contributed by atoms with Crippen molar-refractivity contribution < 1.29 is 22.7 Å². The van der Waals surface area contributed by atoms with E-state index in [9.17, 15) is 22.7 Å². The minimum atomic E-state index is -4.48. The highest BCUT2D eigenvalue weighted by Crippen LogP contribution is 2.33. The third-order valence-corrected chi connectivity index (χ3v) is 3.15. The molecule has 2 aromatic rings. The van der Waals surface area contributed by atoms with Crippen LogP contribution < -0.4 is 5.73 Å². The predicted octanol–water partition coefficient (Wildman–Crippen LogP) is 3.58. The average molecular weight is 299 g/mol. The molecule has 0 aliphatic rings.